The van der Waals surface area contributed by atoms with E-state index in [1.54, 1.807) is 25.1 Å². The van der Waals surface area contributed by atoms with E-state index < -0.39 is 6.10 Å². The number of aryl methyl sites for hydroxylation is 3. The average molecular weight is 412 g/mol. The number of anilines is 1. The van der Waals surface area contributed by atoms with Crippen molar-refractivity contribution in [2.24, 2.45) is 0 Å². The molecule has 0 radical (unpaired) electrons. The van der Waals surface area contributed by atoms with Gasteiger partial charge in [-0.2, -0.15) is 4.68 Å². The molecule has 0 saturated heterocycles. The van der Waals surface area contributed by atoms with Crippen molar-refractivity contribution >= 4 is 23.2 Å². The minimum Gasteiger partial charge on any atom is -0.463 e. The third kappa shape index (κ3) is 4.84. The number of carbonyl (C=O) groups excluding carboxylic acids is 1. The molecule has 0 aliphatic rings. The lowest BCUT2D eigenvalue weighted by molar-refractivity contribution is -0.122. The Morgan fingerprint density at radius 3 is 2.55 bits per heavy atom. The van der Waals surface area contributed by atoms with Crippen molar-refractivity contribution in [2.45, 2.75) is 33.8 Å². The number of benzene rings is 2. The van der Waals surface area contributed by atoms with Crippen LogP contribution in [0, 0.1) is 20.8 Å². The molecule has 1 heterocycles. The number of nitrogens with one attached hydrogen (secondary N) is 1. The maximum absolute atomic E-state index is 12.5. The van der Waals surface area contributed by atoms with Gasteiger partial charge in [-0.15, -0.1) is 5.10 Å². The van der Waals surface area contributed by atoms with E-state index in [2.05, 4.69) is 10.4 Å². The number of amides is 1. The molecule has 0 bridgehead atoms. The molecule has 1 atom stereocenters. The van der Waals surface area contributed by atoms with Crippen LogP contribution >= 0.6 is 11.6 Å². The molecule has 6 nitrogen and oxygen atoms in total. The molecule has 150 valence electrons. The van der Waals surface area contributed by atoms with Gasteiger partial charge in [0.25, 0.3) is 11.5 Å². The lowest BCUT2D eigenvalue weighted by atomic mass is 10.1. The molecule has 2 aromatic carbocycles. The number of hydrogen-bond acceptors (Lipinski definition) is 4. The summed E-state index contributed by atoms with van der Waals surface area (Å²) < 4.78 is 6.90. The average Bonchev–Trinajstić information content (AvgIpc) is 2.67. The van der Waals surface area contributed by atoms with Gasteiger partial charge in [-0.3, -0.25) is 9.59 Å². The Bertz CT molecular complexity index is 1120. The second-order valence-corrected chi connectivity index (χ2v) is 7.36. The van der Waals surface area contributed by atoms with Gasteiger partial charge < -0.3 is 10.1 Å². The predicted molar refractivity (Wildman–Crippen MR) is 114 cm³/mol. The van der Waals surface area contributed by atoms with Crippen LogP contribution in [0.2, 0.25) is 5.02 Å². The van der Waals surface area contributed by atoms with Crippen LogP contribution in [-0.4, -0.2) is 21.8 Å². The van der Waals surface area contributed by atoms with Crippen molar-refractivity contribution in [1.29, 1.82) is 0 Å². The predicted octanol–water partition coefficient (Wildman–Crippen LogP) is 4.22. The number of halogens is 1. The number of rotatable bonds is 5. The molecule has 0 saturated carbocycles. The van der Waals surface area contributed by atoms with Gasteiger partial charge in [0.15, 0.2) is 6.10 Å². The smallest absolute Gasteiger partial charge is 0.271 e. The molecular formula is C22H22ClN3O3. The highest BCUT2D eigenvalue weighted by Crippen LogP contribution is 2.19. The van der Waals surface area contributed by atoms with E-state index in [0.29, 0.717) is 10.7 Å². The van der Waals surface area contributed by atoms with Crippen LogP contribution in [0.1, 0.15) is 23.6 Å². The Morgan fingerprint density at radius 1 is 1.07 bits per heavy atom. The minimum atomic E-state index is -0.811. The summed E-state index contributed by atoms with van der Waals surface area (Å²) in [5.41, 5.74) is 3.88. The molecule has 1 aromatic heterocycles. The van der Waals surface area contributed by atoms with Gasteiger partial charge in [0.2, 0.25) is 5.88 Å². The van der Waals surface area contributed by atoms with Crippen LogP contribution < -0.4 is 15.6 Å². The Morgan fingerprint density at radius 2 is 1.83 bits per heavy atom. The Hall–Kier alpha value is -3.12. The molecule has 1 amide bonds. The first kappa shape index (κ1) is 20.6. The molecule has 1 N–H and O–H groups in total. The lowest BCUT2D eigenvalue weighted by Crippen LogP contribution is -2.31. The van der Waals surface area contributed by atoms with Crippen molar-refractivity contribution in [1.82, 2.24) is 9.78 Å². The number of aromatic nitrogens is 2. The highest BCUT2D eigenvalue weighted by molar-refractivity contribution is 6.30. The zero-order valence-corrected chi connectivity index (χ0v) is 17.4. The molecule has 0 aliphatic carbocycles. The zero-order chi connectivity index (χ0) is 21.1. The summed E-state index contributed by atoms with van der Waals surface area (Å²) in [6.07, 6.45) is -0.811. The molecule has 3 rings (SSSR count). The van der Waals surface area contributed by atoms with Crippen molar-refractivity contribution < 1.29 is 9.53 Å². The SMILES string of the molecule is Cc1ccc(NC(=O)[C@H](C)Oc2ccc(=O)n(-c3cc(Cl)ccc3C)n2)c(C)c1. The molecule has 0 spiro atoms. The van der Waals surface area contributed by atoms with Gasteiger partial charge in [-0.1, -0.05) is 35.4 Å². The molecule has 3 aromatic rings. The fraction of sp³-hybridized carbons (Fsp3) is 0.227. The van der Waals surface area contributed by atoms with Crippen molar-refractivity contribution in [2.75, 3.05) is 5.32 Å². The standard InChI is InChI=1S/C22H22ClN3O3/c1-13-5-8-18(15(3)11-13)24-22(28)16(4)29-20-9-10-21(27)26(25-20)19-12-17(23)7-6-14(19)2/h5-12,16H,1-4H3,(H,24,28)/t16-/m0/s1. The number of hydrogen-bond donors (Lipinski definition) is 1. The van der Waals surface area contributed by atoms with Crippen LogP contribution in [0.5, 0.6) is 5.88 Å². The van der Waals surface area contributed by atoms with E-state index in [-0.39, 0.29) is 17.3 Å². The Kier molecular flexibility index (Phi) is 6.03. The topological polar surface area (TPSA) is 73.2 Å². The summed E-state index contributed by atoms with van der Waals surface area (Å²) in [6.45, 7) is 7.40. The minimum absolute atomic E-state index is 0.159. The summed E-state index contributed by atoms with van der Waals surface area (Å²) in [6, 6.07) is 13.8. The number of ether oxygens (including phenoxy) is 1. The van der Waals surface area contributed by atoms with Crippen LogP contribution in [0.4, 0.5) is 5.69 Å². The first-order valence-electron chi connectivity index (χ1n) is 9.16. The normalized spacial score (nSPS) is 11.8. The summed E-state index contributed by atoms with van der Waals surface area (Å²) in [4.78, 5) is 24.8. The van der Waals surface area contributed by atoms with Crippen molar-refractivity contribution in [3.05, 3.63) is 80.6 Å². The van der Waals surface area contributed by atoms with E-state index in [9.17, 15) is 9.59 Å². The first-order valence-corrected chi connectivity index (χ1v) is 9.54. The highest BCUT2D eigenvalue weighted by atomic mass is 35.5. The van der Waals surface area contributed by atoms with E-state index in [4.69, 9.17) is 16.3 Å². The van der Waals surface area contributed by atoms with Crippen LogP contribution in [-0.2, 0) is 4.79 Å². The largest absolute Gasteiger partial charge is 0.463 e. The monoisotopic (exact) mass is 411 g/mol. The molecule has 7 heteroatoms. The van der Waals surface area contributed by atoms with E-state index >= 15 is 0 Å². The van der Waals surface area contributed by atoms with Crippen molar-refractivity contribution in [3.8, 4) is 11.6 Å². The van der Waals surface area contributed by atoms with Crippen LogP contribution in [0.15, 0.2) is 53.3 Å². The first-order chi connectivity index (χ1) is 13.7. The van der Waals surface area contributed by atoms with Gasteiger partial charge in [0.1, 0.15) is 0 Å². The van der Waals surface area contributed by atoms with Crippen molar-refractivity contribution in [3.63, 3.8) is 0 Å². The fourth-order valence-corrected chi connectivity index (χ4v) is 3.03. The zero-order valence-electron chi connectivity index (χ0n) is 16.7. The summed E-state index contributed by atoms with van der Waals surface area (Å²) in [5.74, 6) is -0.150. The number of nitrogens with zero attached hydrogens (tertiary/aromatic N) is 2. The van der Waals surface area contributed by atoms with E-state index in [0.717, 1.165) is 22.4 Å². The Labute approximate surface area is 174 Å². The molecule has 29 heavy (non-hydrogen) atoms. The summed E-state index contributed by atoms with van der Waals surface area (Å²) >= 11 is 6.06. The maximum Gasteiger partial charge on any atom is 0.271 e. The van der Waals surface area contributed by atoms with Crippen LogP contribution in [0.25, 0.3) is 5.69 Å². The second kappa shape index (κ2) is 8.49. The van der Waals surface area contributed by atoms with Gasteiger partial charge in [-0.25, -0.2) is 0 Å². The third-order valence-electron chi connectivity index (χ3n) is 4.48. The number of carbonyl (C=O) groups is 1. The van der Waals surface area contributed by atoms with Gasteiger partial charge in [0, 0.05) is 22.8 Å². The Balaban J connectivity index is 1.80. The molecule has 0 unspecified atom stereocenters. The quantitative estimate of drug-likeness (QED) is 0.682. The molecule has 0 aliphatic heterocycles. The summed E-state index contributed by atoms with van der Waals surface area (Å²) in [7, 11) is 0. The van der Waals surface area contributed by atoms with Gasteiger partial charge in [-0.05, 0) is 57.0 Å². The van der Waals surface area contributed by atoms with E-state index in [1.165, 1.54) is 16.8 Å². The third-order valence-corrected chi connectivity index (χ3v) is 4.72. The van der Waals surface area contributed by atoms with E-state index in [1.807, 2.05) is 39.0 Å². The van der Waals surface area contributed by atoms with Crippen LogP contribution in [0.3, 0.4) is 0 Å². The molecular weight excluding hydrogens is 390 g/mol. The molecule has 0 fully saturated rings. The van der Waals surface area contributed by atoms with Gasteiger partial charge >= 0.3 is 0 Å². The highest BCUT2D eigenvalue weighted by Gasteiger charge is 2.17. The lowest BCUT2D eigenvalue weighted by Gasteiger charge is -2.16. The summed E-state index contributed by atoms with van der Waals surface area (Å²) in [5, 5.41) is 7.59. The van der Waals surface area contributed by atoms with Gasteiger partial charge in [0.05, 0.1) is 5.69 Å². The fourth-order valence-electron chi connectivity index (χ4n) is 2.86. The maximum atomic E-state index is 12.5. The second-order valence-electron chi connectivity index (χ2n) is 6.92.